The highest BCUT2D eigenvalue weighted by molar-refractivity contribution is 6.31. The average molecular weight is 355 g/mol. The summed E-state index contributed by atoms with van der Waals surface area (Å²) in [5.74, 6) is 0.404. The predicted molar refractivity (Wildman–Crippen MR) is 96.5 cm³/mol. The number of hydrogen-bond donors (Lipinski definition) is 1. The molecule has 7 heteroatoms. The highest BCUT2D eigenvalue weighted by Gasteiger charge is 2.12. The molecule has 0 aliphatic carbocycles. The summed E-state index contributed by atoms with van der Waals surface area (Å²) >= 11 is 6.06. The molecular weight excluding hydrogens is 340 g/mol. The van der Waals surface area contributed by atoms with E-state index in [0.29, 0.717) is 34.3 Å². The quantitative estimate of drug-likeness (QED) is 0.685. The molecule has 0 saturated carbocycles. The Kier molecular flexibility index (Phi) is 5.11. The molecule has 1 amide bonds. The van der Waals surface area contributed by atoms with Crippen molar-refractivity contribution in [3.8, 4) is 11.4 Å². The molecule has 126 valence electrons. The lowest BCUT2D eigenvalue weighted by atomic mass is 10.2. The largest absolute Gasteiger partial charge is 0.490 e. The third-order valence-electron chi connectivity index (χ3n) is 3.36. The summed E-state index contributed by atoms with van der Waals surface area (Å²) in [7, 11) is 0. The van der Waals surface area contributed by atoms with E-state index in [4.69, 9.17) is 16.3 Å². The van der Waals surface area contributed by atoms with E-state index in [2.05, 4.69) is 22.0 Å². The van der Waals surface area contributed by atoms with Crippen LogP contribution < -0.4 is 10.1 Å². The summed E-state index contributed by atoms with van der Waals surface area (Å²) in [6.07, 6.45) is 4.62. The normalized spacial score (nSPS) is 10.3. The van der Waals surface area contributed by atoms with E-state index in [-0.39, 0.29) is 5.91 Å². The summed E-state index contributed by atoms with van der Waals surface area (Å²) in [4.78, 5) is 16.4. The molecule has 2 aromatic carbocycles. The van der Waals surface area contributed by atoms with Crippen LogP contribution in [-0.4, -0.2) is 27.3 Å². The van der Waals surface area contributed by atoms with Crippen LogP contribution in [0.25, 0.3) is 5.69 Å². The molecule has 3 rings (SSSR count). The minimum absolute atomic E-state index is 0.265. The Hall–Kier alpha value is -3.12. The van der Waals surface area contributed by atoms with E-state index in [1.807, 2.05) is 0 Å². The maximum Gasteiger partial charge on any atom is 0.255 e. The lowest BCUT2D eigenvalue weighted by Crippen LogP contribution is -2.14. The number of rotatable bonds is 6. The first kappa shape index (κ1) is 16.7. The van der Waals surface area contributed by atoms with Crippen LogP contribution in [0.1, 0.15) is 10.4 Å². The topological polar surface area (TPSA) is 69.0 Å². The molecule has 0 fully saturated rings. The molecule has 0 aliphatic heterocycles. The summed E-state index contributed by atoms with van der Waals surface area (Å²) in [5, 5.41) is 7.44. The first-order valence-corrected chi connectivity index (χ1v) is 7.85. The Bertz CT molecular complexity index is 877. The monoisotopic (exact) mass is 354 g/mol. The van der Waals surface area contributed by atoms with Gasteiger partial charge in [0.1, 0.15) is 25.0 Å². The number of nitrogens with one attached hydrogen (secondary N) is 1. The molecule has 0 unspecified atom stereocenters. The van der Waals surface area contributed by atoms with Crippen LogP contribution in [-0.2, 0) is 0 Å². The number of anilines is 1. The van der Waals surface area contributed by atoms with Gasteiger partial charge in [-0.25, -0.2) is 9.67 Å². The molecule has 0 spiro atoms. The van der Waals surface area contributed by atoms with Crippen LogP contribution in [0.5, 0.6) is 5.75 Å². The molecule has 1 aromatic heterocycles. The fourth-order valence-electron chi connectivity index (χ4n) is 2.19. The maximum absolute atomic E-state index is 12.5. The lowest BCUT2D eigenvalue weighted by molar-refractivity contribution is 0.102. The standard InChI is InChI=1S/C18H15ClN4O2/c1-2-9-25-15-6-3-13(4-7-15)18(24)22-16-10-14(19)5-8-17(16)23-12-20-11-21-23/h2-8,10-12H,1,9H2,(H,22,24). The Morgan fingerprint density at radius 3 is 2.76 bits per heavy atom. The molecule has 0 aliphatic rings. The third-order valence-corrected chi connectivity index (χ3v) is 3.59. The Balaban J connectivity index is 1.81. The molecule has 0 saturated heterocycles. The minimum Gasteiger partial charge on any atom is -0.490 e. The van der Waals surface area contributed by atoms with E-state index >= 15 is 0 Å². The summed E-state index contributed by atoms with van der Waals surface area (Å²) in [5.41, 5.74) is 1.70. The van der Waals surface area contributed by atoms with Gasteiger partial charge in [0.15, 0.2) is 0 Å². The lowest BCUT2D eigenvalue weighted by Gasteiger charge is -2.12. The van der Waals surface area contributed by atoms with E-state index in [0.717, 1.165) is 0 Å². The summed E-state index contributed by atoms with van der Waals surface area (Å²) in [6, 6.07) is 12.0. The second-order valence-corrected chi connectivity index (χ2v) is 5.52. The van der Waals surface area contributed by atoms with E-state index in [1.165, 1.54) is 6.33 Å². The van der Waals surface area contributed by atoms with Gasteiger partial charge >= 0.3 is 0 Å². The van der Waals surface area contributed by atoms with Gasteiger partial charge in [-0.15, -0.1) is 0 Å². The van der Waals surface area contributed by atoms with Gasteiger partial charge in [-0.3, -0.25) is 4.79 Å². The first-order chi connectivity index (χ1) is 12.2. The van der Waals surface area contributed by atoms with E-state index in [9.17, 15) is 4.79 Å². The van der Waals surface area contributed by atoms with Crippen molar-refractivity contribution in [2.24, 2.45) is 0 Å². The SMILES string of the molecule is C=CCOc1ccc(C(=O)Nc2cc(Cl)ccc2-n2cncn2)cc1. The first-order valence-electron chi connectivity index (χ1n) is 7.47. The number of carbonyl (C=O) groups is 1. The second-order valence-electron chi connectivity index (χ2n) is 5.08. The van der Waals surface area contributed by atoms with E-state index < -0.39 is 0 Å². The molecule has 0 radical (unpaired) electrons. The van der Waals surface area contributed by atoms with Crippen LogP contribution in [0, 0.1) is 0 Å². The number of benzene rings is 2. The number of aromatic nitrogens is 3. The van der Waals surface area contributed by atoms with Crippen molar-refractivity contribution in [2.45, 2.75) is 0 Å². The number of carbonyl (C=O) groups excluding carboxylic acids is 1. The zero-order valence-electron chi connectivity index (χ0n) is 13.2. The smallest absolute Gasteiger partial charge is 0.255 e. The molecule has 25 heavy (non-hydrogen) atoms. The van der Waals surface area contributed by atoms with Crippen LogP contribution in [0.3, 0.4) is 0 Å². The zero-order chi connectivity index (χ0) is 17.6. The fraction of sp³-hybridized carbons (Fsp3) is 0.0556. The van der Waals surface area contributed by atoms with Crippen molar-refractivity contribution in [2.75, 3.05) is 11.9 Å². The maximum atomic E-state index is 12.5. The molecule has 6 nitrogen and oxygen atoms in total. The van der Waals surface area contributed by atoms with Crippen LogP contribution in [0.15, 0.2) is 67.8 Å². The Morgan fingerprint density at radius 1 is 1.28 bits per heavy atom. The van der Waals surface area contributed by atoms with Crippen molar-refractivity contribution in [1.29, 1.82) is 0 Å². The van der Waals surface area contributed by atoms with Gasteiger partial charge < -0.3 is 10.1 Å². The van der Waals surface area contributed by atoms with Gasteiger partial charge in [0.05, 0.1) is 11.4 Å². The number of amides is 1. The molecule has 1 N–H and O–H groups in total. The Labute approximate surface area is 149 Å². The van der Waals surface area contributed by atoms with Crippen molar-refractivity contribution in [3.05, 3.63) is 78.4 Å². The Morgan fingerprint density at radius 2 is 2.08 bits per heavy atom. The molecule has 0 atom stereocenters. The van der Waals surface area contributed by atoms with Gasteiger partial charge in [0, 0.05) is 10.6 Å². The molecule has 3 aromatic rings. The summed E-state index contributed by atoms with van der Waals surface area (Å²) in [6.45, 7) is 4.01. The highest BCUT2D eigenvalue weighted by atomic mass is 35.5. The molecular formula is C18H15ClN4O2. The molecule has 0 bridgehead atoms. The highest BCUT2D eigenvalue weighted by Crippen LogP contribution is 2.24. The van der Waals surface area contributed by atoms with Crippen LogP contribution in [0.2, 0.25) is 5.02 Å². The van der Waals surface area contributed by atoms with Crippen molar-refractivity contribution in [3.63, 3.8) is 0 Å². The third kappa shape index (κ3) is 4.05. The number of ether oxygens (including phenoxy) is 1. The average Bonchev–Trinajstić information content (AvgIpc) is 3.15. The van der Waals surface area contributed by atoms with Gasteiger partial charge in [-0.1, -0.05) is 24.3 Å². The van der Waals surface area contributed by atoms with Crippen LogP contribution >= 0.6 is 11.6 Å². The predicted octanol–water partition coefficient (Wildman–Crippen LogP) is 3.74. The van der Waals surface area contributed by atoms with Gasteiger partial charge in [-0.05, 0) is 42.5 Å². The minimum atomic E-state index is -0.265. The fourth-order valence-corrected chi connectivity index (χ4v) is 2.37. The van der Waals surface area contributed by atoms with Gasteiger partial charge in [-0.2, -0.15) is 5.10 Å². The van der Waals surface area contributed by atoms with Gasteiger partial charge in [0.25, 0.3) is 5.91 Å². The number of nitrogens with zero attached hydrogens (tertiary/aromatic N) is 3. The second kappa shape index (κ2) is 7.63. The van der Waals surface area contributed by atoms with Crippen molar-refractivity contribution < 1.29 is 9.53 Å². The zero-order valence-corrected chi connectivity index (χ0v) is 14.0. The van der Waals surface area contributed by atoms with Crippen LogP contribution in [0.4, 0.5) is 5.69 Å². The summed E-state index contributed by atoms with van der Waals surface area (Å²) < 4.78 is 6.96. The van der Waals surface area contributed by atoms with Crippen molar-refractivity contribution >= 4 is 23.2 Å². The van der Waals surface area contributed by atoms with Gasteiger partial charge in [0.2, 0.25) is 0 Å². The molecule has 1 heterocycles. The number of hydrogen-bond acceptors (Lipinski definition) is 4. The number of halogens is 1. The van der Waals surface area contributed by atoms with E-state index in [1.54, 1.807) is 59.5 Å². The van der Waals surface area contributed by atoms with Crippen molar-refractivity contribution in [1.82, 2.24) is 14.8 Å².